The van der Waals surface area contributed by atoms with E-state index in [0.717, 1.165) is 38.4 Å². The lowest BCUT2D eigenvalue weighted by molar-refractivity contribution is 0.157. The molecule has 0 aromatic carbocycles. The second-order valence-electron chi connectivity index (χ2n) is 5.98. The number of nitrogens with one attached hydrogen (secondary N) is 2. The van der Waals surface area contributed by atoms with Gasteiger partial charge in [0.2, 0.25) is 0 Å². The first-order chi connectivity index (χ1) is 11.3. The maximum atomic E-state index is 4.46. The third-order valence-corrected chi connectivity index (χ3v) is 5.67. The minimum Gasteiger partial charge on any atom is -0.356 e. The van der Waals surface area contributed by atoms with Crippen molar-refractivity contribution in [2.45, 2.75) is 52.0 Å². The normalized spacial score (nSPS) is 19.8. The molecule has 5 nitrogen and oxygen atoms in total. The van der Waals surface area contributed by atoms with E-state index >= 15 is 0 Å². The SMILES string of the molecule is CCc1cnc(CCNC(=NC)NCC2CCCCN2CC)s1. The van der Waals surface area contributed by atoms with Crippen molar-refractivity contribution in [1.82, 2.24) is 20.5 Å². The van der Waals surface area contributed by atoms with Gasteiger partial charge in [-0.2, -0.15) is 0 Å². The number of aromatic nitrogens is 1. The lowest BCUT2D eigenvalue weighted by Crippen LogP contribution is -2.49. The Hall–Kier alpha value is -1.14. The van der Waals surface area contributed by atoms with E-state index in [4.69, 9.17) is 0 Å². The van der Waals surface area contributed by atoms with Crippen LogP contribution in [0, 0.1) is 0 Å². The number of likely N-dealkylation sites (tertiary alicyclic amines) is 1. The Kier molecular flexibility index (Phi) is 7.82. The molecule has 1 aromatic heterocycles. The fourth-order valence-corrected chi connectivity index (χ4v) is 3.92. The van der Waals surface area contributed by atoms with Gasteiger partial charge in [-0.3, -0.25) is 9.89 Å². The predicted octanol–water partition coefficient (Wildman–Crippen LogP) is 2.29. The van der Waals surface area contributed by atoms with Gasteiger partial charge in [0.15, 0.2) is 5.96 Å². The molecule has 0 radical (unpaired) electrons. The van der Waals surface area contributed by atoms with Crippen LogP contribution >= 0.6 is 11.3 Å². The lowest BCUT2D eigenvalue weighted by Gasteiger charge is -2.35. The fraction of sp³-hybridized carbons (Fsp3) is 0.765. The number of guanidine groups is 1. The maximum Gasteiger partial charge on any atom is 0.191 e. The zero-order valence-corrected chi connectivity index (χ0v) is 15.6. The third-order valence-electron chi connectivity index (χ3n) is 4.47. The second-order valence-corrected chi connectivity index (χ2v) is 7.18. The van der Waals surface area contributed by atoms with E-state index in [9.17, 15) is 0 Å². The standard InChI is InChI=1S/C17H31N5S/c1-4-15-13-20-16(23-15)9-10-19-17(18-3)21-12-14-8-6-7-11-22(14)5-2/h13-14H,4-12H2,1-3H3,(H2,18,19,21). The summed E-state index contributed by atoms with van der Waals surface area (Å²) in [6.07, 6.45) is 8.00. The van der Waals surface area contributed by atoms with E-state index in [-0.39, 0.29) is 0 Å². The Bertz CT molecular complexity index is 485. The number of piperidine rings is 1. The second kappa shape index (κ2) is 9.88. The predicted molar refractivity (Wildman–Crippen MR) is 99.4 cm³/mol. The summed E-state index contributed by atoms with van der Waals surface area (Å²) in [4.78, 5) is 12.7. The molecule has 1 aliphatic heterocycles. The molecule has 0 saturated carbocycles. The van der Waals surface area contributed by atoms with E-state index in [1.807, 2.05) is 24.6 Å². The number of aliphatic imine (C=N–C) groups is 1. The molecule has 1 saturated heterocycles. The van der Waals surface area contributed by atoms with Gasteiger partial charge in [-0.15, -0.1) is 11.3 Å². The highest BCUT2D eigenvalue weighted by molar-refractivity contribution is 7.11. The topological polar surface area (TPSA) is 52.6 Å². The van der Waals surface area contributed by atoms with E-state index < -0.39 is 0 Å². The molecule has 2 N–H and O–H groups in total. The largest absolute Gasteiger partial charge is 0.356 e. The summed E-state index contributed by atoms with van der Waals surface area (Å²) in [6.45, 7) is 8.65. The van der Waals surface area contributed by atoms with Gasteiger partial charge >= 0.3 is 0 Å². The minimum atomic E-state index is 0.637. The average molecular weight is 338 g/mol. The summed E-state index contributed by atoms with van der Waals surface area (Å²) < 4.78 is 0. The van der Waals surface area contributed by atoms with Crippen molar-refractivity contribution in [3.8, 4) is 0 Å². The van der Waals surface area contributed by atoms with Gasteiger partial charge in [-0.25, -0.2) is 4.98 Å². The molecule has 1 aromatic rings. The van der Waals surface area contributed by atoms with Gasteiger partial charge in [0.1, 0.15) is 0 Å². The molecule has 23 heavy (non-hydrogen) atoms. The number of hydrogen-bond donors (Lipinski definition) is 2. The fourth-order valence-electron chi connectivity index (χ4n) is 3.06. The summed E-state index contributed by atoms with van der Waals surface area (Å²) >= 11 is 1.81. The first-order valence-corrected chi connectivity index (χ1v) is 9.70. The summed E-state index contributed by atoms with van der Waals surface area (Å²) in [7, 11) is 1.84. The van der Waals surface area contributed by atoms with E-state index in [1.54, 1.807) is 0 Å². The monoisotopic (exact) mass is 337 g/mol. The van der Waals surface area contributed by atoms with Gasteiger partial charge in [-0.05, 0) is 32.4 Å². The number of nitrogens with zero attached hydrogens (tertiary/aromatic N) is 3. The van der Waals surface area contributed by atoms with Crippen LogP contribution in [0.15, 0.2) is 11.2 Å². The molecule has 2 rings (SSSR count). The van der Waals surface area contributed by atoms with Crippen molar-refractivity contribution in [1.29, 1.82) is 0 Å². The Morgan fingerprint density at radius 1 is 1.39 bits per heavy atom. The highest BCUT2D eigenvalue weighted by Gasteiger charge is 2.20. The molecule has 1 fully saturated rings. The van der Waals surface area contributed by atoms with E-state index in [2.05, 4.69) is 39.4 Å². The number of hydrogen-bond acceptors (Lipinski definition) is 4. The Morgan fingerprint density at radius 3 is 2.96 bits per heavy atom. The van der Waals surface area contributed by atoms with Crippen LogP contribution < -0.4 is 10.6 Å². The van der Waals surface area contributed by atoms with Gasteiger partial charge in [-0.1, -0.05) is 20.3 Å². The van der Waals surface area contributed by atoms with Crippen molar-refractivity contribution >= 4 is 17.3 Å². The Labute approximate surface area is 144 Å². The lowest BCUT2D eigenvalue weighted by atomic mass is 10.0. The van der Waals surface area contributed by atoms with Crippen molar-refractivity contribution in [3.05, 3.63) is 16.1 Å². The Morgan fingerprint density at radius 2 is 2.26 bits per heavy atom. The first-order valence-electron chi connectivity index (χ1n) is 8.89. The van der Waals surface area contributed by atoms with E-state index in [1.165, 1.54) is 35.7 Å². The zero-order valence-electron chi connectivity index (χ0n) is 14.8. The van der Waals surface area contributed by atoms with Crippen molar-refractivity contribution in [3.63, 3.8) is 0 Å². The number of thiazole rings is 1. The van der Waals surface area contributed by atoms with Crippen molar-refractivity contribution in [2.75, 3.05) is 33.2 Å². The van der Waals surface area contributed by atoms with Crippen LogP contribution in [0.2, 0.25) is 0 Å². The van der Waals surface area contributed by atoms with Gasteiger partial charge in [0.25, 0.3) is 0 Å². The Balaban J connectivity index is 1.70. The molecular formula is C17H31N5S. The molecule has 6 heteroatoms. The highest BCUT2D eigenvalue weighted by atomic mass is 32.1. The molecule has 1 unspecified atom stereocenters. The zero-order chi connectivity index (χ0) is 16.5. The van der Waals surface area contributed by atoms with Gasteiger partial charge in [0.05, 0.1) is 5.01 Å². The van der Waals surface area contributed by atoms with Crippen LogP contribution in [0.25, 0.3) is 0 Å². The van der Waals surface area contributed by atoms with Crippen LogP contribution in [0.3, 0.4) is 0 Å². The van der Waals surface area contributed by atoms with Crippen LogP contribution in [-0.2, 0) is 12.8 Å². The smallest absolute Gasteiger partial charge is 0.191 e. The maximum absolute atomic E-state index is 4.46. The summed E-state index contributed by atoms with van der Waals surface area (Å²) in [5.74, 6) is 0.902. The number of likely N-dealkylation sites (N-methyl/N-ethyl adjacent to an activating group) is 1. The average Bonchev–Trinajstić information content (AvgIpc) is 3.06. The number of aryl methyl sites for hydroxylation is 1. The molecule has 0 aliphatic carbocycles. The van der Waals surface area contributed by atoms with Crippen LogP contribution in [-0.4, -0.2) is 55.1 Å². The first kappa shape index (κ1) is 18.2. The minimum absolute atomic E-state index is 0.637. The molecule has 130 valence electrons. The molecule has 0 spiro atoms. The molecule has 0 amide bonds. The molecular weight excluding hydrogens is 306 g/mol. The summed E-state index contributed by atoms with van der Waals surface area (Å²) in [5.41, 5.74) is 0. The molecule has 1 atom stereocenters. The molecule has 0 bridgehead atoms. The highest BCUT2D eigenvalue weighted by Crippen LogP contribution is 2.15. The molecule has 1 aliphatic rings. The van der Waals surface area contributed by atoms with Crippen molar-refractivity contribution in [2.24, 2.45) is 4.99 Å². The summed E-state index contributed by atoms with van der Waals surface area (Å²) in [5, 5.41) is 8.09. The number of rotatable bonds is 7. The van der Waals surface area contributed by atoms with Gasteiger partial charge < -0.3 is 10.6 Å². The van der Waals surface area contributed by atoms with Crippen LogP contribution in [0.5, 0.6) is 0 Å². The van der Waals surface area contributed by atoms with Crippen LogP contribution in [0.4, 0.5) is 0 Å². The summed E-state index contributed by atoms with van der Waals surface area (Å²) in [6, 6.07) is 0.637. The third kappa shape index (κ3) is 5.77. The quantitative estimate of drug-likeness (QED) is 0.592. The molecule has 2 heterocycles. The van der Waals surface area contributed by atoms with Gasteiger partial charge in [0, 0.05) is 43.7 Å². The van der Waals surface area contributed by atoms with E-state index in [0.29, 0.717) is 6.04 Å². The van der Waals surface area contributed by atoms with Crippen molar-refractivity contribution < 1.29 is 0 Å². The van der Waals surface area contributed by atoms with Crippen LogP contribution in [0.1, 0.15) is 43.0 Å².